The average molecular weight is 234 g/mol. The molecule has 1 aromatic heterocycles. The first-order valence-corrected chi connectivity index (χ1v) is 4.90. The molecule has 0 aromatic carbocycles. The molecule has 0 bridgehead atoms. The molecule has 0 saturated carbocycles. The van der Waals surface area contributed by atoms with Crippen molar-refractivity contribution in [3.05, 3.63) is 16.9 Å². The fraction of sp³-hybridized carbons (Fsp3) is 0.375. The number of aromatic nitrogens is 2. The first kappa shape index (κ1) is 11.2. The Hall–Kier alpha value is -0.870. The number of aryl methyl sites for hydroxylation is 1. The highest BCUT2D eigenvalue weighted by atomic mass is 35.5. The Kier molecular flexibility index (Phi) is 4.10. The normalized spacial score (nSPS) is 9.93. The standard InChI is InChI=1S/C8H9Cl2N3O/c1-5-4-6(10)12-8(11-5)13-7(14)2-3-9/h4H,2-3H2,1H3,(H,11,12,13,14). The maximum absolute atomic E-state index is 11.1. The Labute approximate surface area is 91.6 Å². The molecule has 1 heterocycles. The van der Waals surface area contributed by atoms with E-state index in [4.69, 9.17) is 23.2 Å². The van der Waals surface area contributed by atoms with E-state index >= 15 is 0 Å². The molecule has 0 aliphatic rings. The minimum Gasteiger partial charge on any atom is -0.294 e. The van der Waals surface area contributed by atoms with Gasteiger partial charge in [0.25, 0.3) is 0 Å². The highest BCUT2D eigenvalue weighted by molar-refractivity contribution is 6.29. The van der Waals surface area contributed by atoms with Crippen molar-refractivity contribution in [1.82, 2.24) is 9.97 Å². The molecule has 0 spiro atoms. The van der Waals surface area contributed by atoms with E-state index in [9.17, 15) is 4.79 Å². The number of alkyl halides is 1. The second kappa shape index (κ2) is 5.12. The summed E-state index contributed by atoms with van der Waals surface area (Å²) in [6.45, 7) is 1.77. The number of amides is 1. The zero-order valence-electron chi connectivity index (χ0n) is 7.55. The first-order valence-electron chi connectivity index (χ1n) is 3.99. The van der Waals surface area contributed by atoms with Crippen molar-refractivity contribution in [3.63, 3.8) is 0 Å². The van der Waals surface area contributed by atoms with E-state index in [0.29, 0.717) is 10.8 Å². The van der Waals surface area contributed by atoms with Crippen LogP contribution in [0.25, 0.3) is 0 Å². The van der Waals surface area contributed by atoms with Crippen LogP contribution in [0.2, 0.25) is 5.15 Å². The number of nitrogens with one attached hydrogen (secondary N) is 1. The zero-order chi connectivity index (χ0) is 10.6. The lowest BCUT2D eigenvalue weighted by atomic mass is 10.4. The minimum absolute atomic E-state index is 0.213. The molecule has 14 heavy (non-hydrogen) atoms. The molecule has 0 radical (unpaired) electrons. The van der Waals surface area contributed by atoms with E-state index in [1.165, 1.54) is 0 Å². The van der Waals surface area contributed by atoms with Gasteiger partial charge in [0.15, 0.2) is 0 Å². The third-order valence-corrected chi connectivity index (χ3v) is 1.78. The Morgan fingerprint density at radius 1 is 1.57 bits per heavy atom. The molecule has 0 fully saturated rings. The smallest absolute Gasteiger partial charge is 0.231 e. The lowest BCUT2D eigenvalue weighted by Crippen LogP contribution is -2.14. The predicted octanol–water partition coefficient (Wildman–Crippen LogP) is 2.01. The number of carbonyl (C=O) groups excluding carboxylic acids is 1. The minimum atomic E-state index is -0.221. The van der Waals surface area contributed by atoms with Crippen molar-refractivity contribution in [1.29, 1.82) is 0 Å². The van der Waals surface area contributed by atoms with Gasteiger partial charge in [-0.15, -0.1) is 11.6 Å². The summed E-state index contributed by atoms with van der Waals surface area (Å²) in [7, 11) is 0. The number of anilines is 1. The molecule has 1 amide bonds. The quantitative estimate of drug-likeness (QED) is 0.642. The fourth-order valence-electron chi connectivity index (χ4n) is 0.859. The van der Waals surface area contributed by atoms with Gasteiger partial charge < -0.3 is 0 Å². The summed E-state index contributed by atoms with van der Waals surface area (Å²) in [4.78, 5) is 18.9. The van der Waals surface area contributed by atoms with Gasteiger partial charge in [-0.25, -0.2) is 9.97 Å². The van der Waals surface area contributed by atoms with Gasteiger partial charge in [-0.2, -0.15) is 0 Å². The van der Waals surface area contributed by atoms with Crippen molar-refractivity contribution >= 4 is 35.1 Å². The van der Waals surface area contributed by atoms with Crippen molar-refractivity contribution in [2.24, 2.45) is 0 Å². The zero-order valence-corrected chi connectivity index (χ0v) is 9.06. The number of hydrogen-bond donors (Lipinski definition) is 1. The SMILES string of the molecule is Cc1cc(Cl)nc(NC(=O)CCCl)n1. The lowest BCUT2D eigenvalue weighted by molar-refractivity contribution is -0.115. The third kappa shape index (κ3) is 3.47. The summed E-state index contributed by atoms with van der Waals surface area (Å²) in [5, 5.41) is 2.80. The summed E-state index contributed by atoms with van der Waals surface area (Å²) in [6, 6.07) is 1.61. The van der Waals surface area contributed by atoms with Crippen LogP contribution in [0.15, 0.2) is 6.07 Å². The largest absolute Gasteiger partial charge is 0.294 e. The molecule has 0 unspecified atom stereocenters. The number of carbonyl (C=O) groups is 1. The van der Waals surface area contributed by atoms with Crippen LogP contribution in [0.1, 0.15) is 12.1 Å². The molecule has 0 atom stereocenters. The van der Waals surface area contributed by atoms with Gasteiger partial charge >= 0.3 is 0 Å². The van der Waals surface area contributed by atoms with Crippen molar-refractivity contribution in [3.8, 4) is 0 Å². The average Bonchev–Trinajstić information content (AvgIpc) is 2.01. The molecular weight excluding hydrogens is 225 g/mol. The van der Waals surface area contributed by atoms with Gasteiger partial charge in [0.2, 0.25) is 11.9 Å². The van der Waals surface area contributed by atoms with Gasteiger partial charge in [0.05, 0.1) is 0 Å². The van der Waals surface area contributed by atoms with Crippen LogP contribution in [0.3, 0.4) is 0 Å². The number of hydrogen-bond acceptors (Lipinski definition) is 3. The van der Waals surface area contributed by atoms with E-state index in [1.807, 2.05) is 0 Å². The van der Waals surface area contributed by atoms with Crippen molar-refractivity contribution in [2.75, 3.05) is 11.2 Å². The highest BCUT2D eigenvalue weighted by Crippen LogP contribution is 2.09. The third-order valence-electron chi connectivity index (χ3n) is 1.40. The summed E-state index contributed by atoms with van der Waals surface area (Å²) >= 11 is 11.1. The molecule has 6 heteroatoms. The molecule has 1 rings (SSSR count). The number of rotatable bonds is 3. The lowest BCUT2D eigenvalue weighted by Gasteiger charge is -2.03. The van der Waals surface area contributed by atoms with Gasteiger partial charge in [-0.1, -0.05) is 11.6 Å². The number of nitrogens with zero attached hydrogens (tertiary/aromatic N) is 2. The summed E-state index contributed by atoms with van der Waals surface area (Å²) < 4.78 is 0. The summed E-state index contributed by atoms with van der Waals surface area (Å²) in [5.74, 6) is 0.262. The van der Waals surface area contributed by atoms with Crippen LogP contribution in [0.5, 0.6) is 0 Å². The Balaban J connectivity index is 2.71. The van der Waals surface area contributed by atoms with Crippen molar-refractivity contribution in [2.45, 2.75) is 13.3 Å². The number of halogens is 2. The van der Waals surface area contributed by atoms with Gasteiger partial charge in [0.1, 0.15) is 5.15 Å². The van der Waals surface area contributed by atoms with E-state index in [-0.39, 0.29) is 24.2 Å². The van der Waals surface area contributed by atoms with Gasteiger partial charge in [-0.3, -0.25) is 10.1 Å². The van der Waals surface area contributed by atoms with E-state index in [0.717, 1.165) is 0 Å². The Bertz CT molecular complexity index is 323. The molecule has 0 aliphatic carbocycles. The van der Waals surface area contributed by atoms with Crippen LogP contribution in [-0.2, 0) is 4.79 Å². The van der Waals surface area contributed by atoms with Crippen LogP contribution in [0.4, 0.5) is 5.95 Å². The van der Waals surface area contributed by atoms with E-state index in [1.54, 1.807) is 13.0 Å². The highest BCUT2D eigenvalue weighted by Gasteiger charge is 2.04. The van der Waals surface area contributed by atoms with Crippen LogP contribution in [0, 0.1) is 6.92 Å². The predicted molar refractivity (Wildman–Crippen MR) is 55.7 cm³/mol. The first-order chi connectivity index (χ1) is 6.61. The second-order valence-corrected chi connectivity index (χ2v) is 3.41. The molecule has 4 nitrogen and oxygen atoms in total. The topological polar surface area (TPSA) is 54.9 Å². The summed E-state index contributed by atoms with van der Waals surface area (Å²) in [5.41, 5.74) is 0.700. The molecule has 0 aliphatic heterocycles. The van der Waals surface area contributed by atoms with Crippen LogP contribution in [-0.4, -0.2) is 21.8 Å². The maximum Gasteiger partial charge on any atom is 0.231 e. The van der Waals surface area contributed by atoms with Crippen LogP contribution >= 0.6 is 23.2 Å². The van der Waals surface area contributed by atoms with Gasteiger partial charge in [-0.05, 0) is 13.0 Å². The Morgan fingerprint density at radius 3 is 2.86 bits per heavy atom. The van der Waals surface area contributed by atoms with Gasteiger partial charge in [0, 0.05) is 18.0 Å². The monoisotopic (exact) mass is 233 g/mol. The molecule has 0 saturated heterocycles. The molecular formula is C8H9Cl2N3O. The van der Waals surface area contributed by atoms with Crippen LogP contribution < -0.4 is 5.32 Å². The second-order valence-electron chi connectivity index (χ2n) is 2.64. The maximum atomic E-state index is 11.1. The molecule has 1 N–H and O–H groups in total. The Morgan fingerprint density at radius 2 is 2.29 bits per heavy atom. The van der Waals surface area contributed by atoms with E-state index in [2.05, 4.69) is 15.3 Å². The fourth-order valence-corrected chi connectivity index (χ4v) is 1.27. The molecule has 1 aromatic rings. The van der Waals surface area contributed by atoms with E-state index < -0.39 is 0 Å². The summed E-state index contributed by atoms with van der Waals surface area (Å²) in [6.07, 6.45) is 0.233. The molecule has 76 valence electrons. The van der Waals surface area contributed by atoms with Crippen molar-refractivity contribution < 1.29 is 4.79 Å².